The molecule has 0 aliphatic carbocycles. The first-order valence-corrected chi connectivity index (χ1v) is 11.8. The Morgan fingerprint density at radius 2 is 1.76 bits per heavy atom. The highest BCUT2D eigenvalue weighted by molar-refractivity contribution is 9.10. The van der Waals surface area contributed by atoms with Crippen LogP contribution in [-0.2, 0) is 11.3 Å². The lowest BCUT2D eigenvalue weighted by atomic mass is 10.1. The van der Waals surface area contributed by atoms with Crippen LogP contribution in [0.2, 0.25) is 0 Å². The van der Waals surface area contributed by atoms with E-state index < -0.39 is 5.56 Å². The van der Waals surface area contributed by atoms with Gasteiger partial charge in [-0.2, -0.15) is 9.50 Å². The van der Waals surface area contributed by atoms with E-state index >= 15 is 0 Å². The summed E-state index contributed by atoms with van der Waals surface area (Å²) in [6.45, 7) is 0.248. The van der Waals surface area contributed by atoms with Crippen molar-refractivity contribution in [3.8, 4) is 11.4 Å². The minimum absolute atomic E-state index is 0.248. The smallest absolute Gasteiger partial charge is 0.291 e. The van der Waals surface area contributed by atoms with Crippen molar-refractivity contribution in [3.63, 3.8) is 0 Å². The topological polar surface area (TPSA) is 80.5 Å². The molecule has 0 atom stereocenters. The number of nitrogens with zero attached hydrogens (tertiary/aromatic N) is 5. The van der Waals surface area contributed by atoms with Crippen molar-refractivity contribution < 1.29 is 9.18 Å². The SMILES string of the molecule is O=C1C(=c2sc3nc(-c4ccncc4)nn3c2=O)c2cc(Br)ccc2N1Cc1ccc(F)cc1. The second kappa shape index (κ2) is 7.93. The minimum Gasteiger partial charge on any atom is -0.303 e. The van der Waals surface area contributed by atoms with Crippen LogP contribution in [0.25, 0.3) is 21.9 Å². The van der Waals surface area contributed by atoms with Crippen molar-refractivity contribution >= 4 is 49.4 Å². The second-order valence-corrected chi connectivity index (χ2v) is 9.55. The Balaban J connectivity index is 1.51. The standard InChI is InChI=1S/C24H13BrFN5O2S/c25-15-3-6-18-17(11-15)19(22(32)30(18)12-13-1-4-16(26)5-2-13)20-23(33)31-24(34-20)28-21(29-31)14-7-9-27-10-8-14/h1-11H,12H2. The number of benzene rings is 2. The molecule has 0 spiro atoms. The monoisotopic (exact) mass is 533 g/mol. The van der Waals surface area contributed by atoms with E-state index in [2.05, 4.69) is 31.0 Å². The molecule has 1 aliphatic heterocycles. The Morgan fingerprint density at radius 3 is 2.50 bits per heavy atom. The molecule has 1 amide bonds. The van der Waals surface area contributed by atoms with Gasteiger partial charge in [0, 0.05) is 28.0 Å². The van der Waals surface area contributed by atoms with E-state index in [0.717, 1.165) is 26.9 Å². The molecule has 0 N–H and O–H groups in total. The van der Waals surface area contributed by atoms with Crippen molar-refractivity contribution in [3.05, 3.63) is 103 Å². The van der Waals surface area contributed by atoms with E-state index in [9.17, 15) is 14.0 Å². The van der Waals surface area contributed by atoms with Gasteiger partial charge in [-0.1, -0.05) is 39.4 Å². The van der Waals surface area contributed by atoms with Crippen molar-refractivity contribution in [1.29, 1.82) is 0 Å². The van der Waals surface area contributed by atoms with E-state index in [1.807, 2.05) is 18.2 Å². The normalized spacial score (nSPS) is 14.8. The summed E-state index contributed by atoms with van der Waals surface area (Å²) < 4.78 is 15.7. The summed E-state index contributed by atoms with van der Waals surface area (Å²) in [6.07, 6.45) is 3.26. The van der Waals surface area contributed by atoms with Gasteiger partial charge in [-0.25, -0.2) is 4.39 Å². The van der Waals surface area contributed by atoms with Gasteiger partial charge in [0.25, 0.3) is 11.5 Å². The molecule has 2 aromatic carbocycles. The number of rotatable bonds is 3. The van der Waals surface area contributed by atoms with Gasteiger partial charge in [-0.05, 0) is 48.0 Å². The largest absolute Gasteiger partial charge is 0.303 e. The lowest BCUT2D eigenvalue weighted by Crippen LogP contribution is -2.32. The van der Waals surface area contributed by atoms with Gasteiger partial charge >= 0.3 is 0 Å². The van der Waals surface area contributed by atoms with E-state index in [0.29, 0.717) is 27.6 Å². The summed E-state index contributed by atoms with van der Waals surface area (Å²) in [4.78, 5) is 37.4. The lowest BCUT2D eigenvalue weighted by Gasteiger charge is -2.17. The Bertz CT molecular complexity index is 1700. The maximum absolute atomic E-state index is 13.6. The average molecular weight is 534 g/mol. The van der Waals surface area contributed by atoms with E-state index in [-0.39, 0.29) is 22.8 Å². The highest BCUT2D eigenvalue weighted by Gasteiger charge is 2.34. The summed E-state index contributed by atoms with van der Waals surface area (Å²) in [5.74, 6) is -0.223. The number of hydrogen-bond donors (Lipinski definition) is 0. The highest BCUT2D eigenvalue weighted by Crippen LogP contribution is 2.38. The number of aromatic nitrogens is 4. The maximum atomic E-state index is 13.6. The van der Waals surface area contributed by atoms with Crippen LogP contribution in [0.5, 0.6) is 0 Å². The Labute approximate surface area is 204 Å². The van der Waals surface area contributed by atoms with Gasteiger partial charge in [-0.15, -0.1) is 5.10 Å². The van der Waals surface area contributed by atoms with Crippen LogP contribution >= 0.6 is 27.3 Å². The minimum atomic E-state index is -0.397. The molecule has 0 fully saturated rings. The number of halogens is 2. The molecule has 3 aromatic heterocycles. The molecule has 0 unspecified atom stereocenters. The molecule has 5 aromatic rings. The second-order valence-electron chi connectivity index (χ2n) is 7.66. The van der Waals surface area contributed by atoms with Crippen molar-refractivity contribution in [2.24, 2.45) is 0 Å². The first kappa shape index (κ1) is 20.8. The predicted molar refractivity (Wildman–Crippen MR) is 130 cm³/mol. The number of amides is 1. The number of fused-ring (bicyclic) bond motifs is 2. The van der Waals surface area contributed by atoms with Crippen molar-refractivity contribution in [1.82, 2.24) is 19.6 Å². The quantitative estimate of drug-likeness (QED) is 0.354. The lowest BCUT2D eigenvalue weighted by molar-refractivity contribution is -0.113. The first-order chi connectivity index (χ1) is 16.5. The zero-order valence-electron chi connectivity index (χ0n) is 17.3. The molecule has 0 bridgehead atoms. The fraction of sp³-hybridized carbons (Fsp3) is 0.0417. The van der Waals surface area contributed by atoms with Crippen LogP contribution < -0.4 is 15.0 Å². The molecule has 166 valence electrons. The molecule has 34 heavy (non-hydrogen) atoms. The molecule has 6 rings (SSSR count). The first-order valence-electron chi connectivity index (χ1n) is 10.2. The van der Waals surface area contributed by atoms with Gasteiger partial charge in [0.2, 0.25) is 4.96 Å². The van der Waals surface area contributed by atoms with Crippen LogP contribution in [0.4, 0.5) is 10.1 Å². The van der Waals surface area contributed by atoms with Gasteiger partial charge < -0.3 is 4.90 Å². The zero-order valence-corrected chi connectivity index (χ0v) is 19.7. The summed E-state index contributed by atoms with van der Waals surface area (Å²) in [5.41, 5.74) is 2.77. The Morgan fingerprint density at radius 1 is 1.00 bits per heavy atom. The molecule has 4 heterocycles. The summed E-state index contributed by atoms with van der Waals surface area (Å²) in [6, 6.07) is 15.0. The molecule has 0 saturated carbocycles. The van der Waals surface area contributed by atoms with Crippen molar-refractivity contribution in [2.75, 3.05) is 4.90 Å². The number of pyridine rings is 1. The molecule has 1 aliphatic rings. The number of carbonyl (C=O) groups is 1. The van der Waals surface area contributed by atoms with Crippen LogP contribution in [0.15, 0.2) is 76.3 Å². The van der Waals surface area contributed by atoms with Gasteiger partial charge in [-0.3, -0.25) is 14.6 Å². The van der Waals surface area contributed by atoms with E-state index in [1.54, 1.807) is 41.6 Å². The van der Waals surface area contributed by atoms with Crippen LogP contribution in [0.3, 0.4) is 0 Å². The van der Waals surface area contributed by atoms with Gasteiger partial charge in [0.15, 0.2) is 5.82 Å². The summed E-state index contributed by atoms with van der Waals surface area (Å²) >= 11 is 4.60. The van der Waals surface area contributed by atoms with E-state index in [4.69, 9.17) is 0 Å². The highest BCUT2D eigenvalue weighted by atomic mass is 79.9. The van der Waals surface area contributed by atoms with Crippen molar-refractivity contribution in [2.45, 2.75) is 6.54 Å². The predicted octanol–water partition coefficient (Wildman–Crippen LogP) is 3.58. The third kappa shape index (κ3) is 3.34. The fourth-order valence-electron chi connectivity index (χ4n) is 3.96. The Kier molecular flexibility index (Phi) is 4.85. The average Bonchev–Trinajstić information content (AvgIpc) is 3.47. The van der Waals surface area contributed by atoms with Gasteiger partial charge in [0.05, 0.1) is 17.8 Å². The van der Waals surface area contributed by atoms with Gasteiger partial charge in [0.1, 0.15) is 10.3 Å². The van der Waals surface area contributed by atoms with Crippen LogP contribution in [-0.4, -0.2) is 25.5 Å². The number of anilines is 1. The maximum Gasteiger partial charge on any atom is 0.291 e. The number of carbonyl (C=O) groups excluding carboxylic acids is 1. The Hall–Kier alpha value is -3.76. The molecule has 0 radical (unpaired) electrons. The molecule has 7 nitrogen and oxygen atoms in total. The van der Waals surface area contributed by atoms with E-state index in [1.165, 1.54) is 16.6 Å². The molecule has 0 saturated heterocycles. The summed E-state index contributed by atoms with van der Waals surface area (Å²) in [7, 11) is 0. The summed E-state index contributed by atoms with van der Waals surface area (Å²) in [5, 5.41) is 4.36. The third-order valence-corrected chi connectivity index (χ3v) is 7.08. The zero-order chi connectivity index (χ0) is 23.4. The molecular weight excluding hydrogens is 521 g/mol. The fourth-order valence-corrected chi connectivity index (χ4v) is 5.32. The number of thiazole rings is 1. The molecule has 10 heteroatoms. The van der Waals surface area contributed by atoms with Crippen LogP contribution in [0.1, 0.15) is 11.1 Å². The van der Waals surface area contributed by atoms with Crippen LogP contribution in [0, 0.1) is 5.82 Å². The number of hydrogen-bond acceptors (Lipinski definition) is 6. The molecular formula is C24H13BrFN5O2S. The third-order valence-electron chi connectivity index (χ3n) is 5.55.